The van der Waals surface area contributed by atoms with Gasteiger partial charge >= 0.3 is 5.97 Å². The van der Waals surface area contributed by atoms with Gasteiger partial charge in [-0.25, -0.2) is 0 Å². The van der Waals surface area contributed by atoms with Crippen molar-refractivity contribution in [2.75, 3.05) is 13.2 Å². The lowest BCUT2D eigenvalue weighted by atomic mass is 10.1. The standard InChI is InChI=1S/C20H18N2O5S/c23-17(13-27-18(24)12-21-20(25)15-8-4-10-26-15)22-19(16-9-5-11-28-16)14-6-2-1-3-7-14/h1-11,19H,12-13H2,(H,21,25)(H,22,23)/t19-/m1/s1. The summed E-state index contributed by atoms with van der Waals surface area (Å²) in [7, 11) is 0. The summed E-state index contributed by atoms with van der Waals surface area (Å²) in [5.41, 5.74) is 0.926. The van der Waals surface area contributed by atoms with Crippen LogP contribution in [0.4, 0.5) is 0 Å². The van der Waals surface area contributed by atoms with E-state index in [1.54, 1.807) is 6.07 Å². The smallest absolute Gasteiger partial charge is 0.325 e. The molecular formula is C20H18N2O5S. The first-order chi connectivity index (χ1) is 13.6. The van der Waals surface area contributed by atoms with Crippen molar-refractivity contribution >= 4 is 29.1 Å². The fourth-order valence-electron chi connectivity index (χ4n) is 2.47. The van der Waals surface area contributed by atoms with Crippen molar-refractivity contribution in [1.29, 1.82) is 0 Å². The average molecular weight is 398 g/mol. The molecular weight excluding hydrogens is 380 g/mol. The minimum atomic E-state index is -0.720. The van der Waals surface area contributed by atoms with Crippen LogP contribution in [0.15, 0.2) is 70.7 Å². The highest BCUT2D eigenvalue weighted by atomic mass is 32.1. The molecule has 8 heteroatoms. The minimum Gasteiger partial charge on any atom is -0.459 e. The number of nitrogens with one attached hydrogen (secondary N) is 2. The lowest BCUT2D eigenvalue weighted by Crippen LogP contribution is -2.35. The second kappa shape index (κ2) is 9.52. The van der Waals surface area contributed by atoms with Gasteiger partial charge in [-0.2, -0.15) is 0 Å². The Balaban J connectivity index is 1.49. The fraction of sp³-hybridized carbons (Fsp3) is 0.150. The topological polar surface area (TPSA) is 97.6 Å². The Morgan fingerprint density at radius 2 is 1.86 bits per heavy atom. The molecule has 144 valence electrons. The van der Waals surface area contributed by atoms with Crippen molar-refractivity contribution in [2.45, 2.75) is 6.04 Å². The number of carbonyl (C=O) groups is 3. The monoisotopic (exact) mass is 398 g/mol. The van der Waals surface area contributed by atoms with E-state index in [0.29, 0.717) is 0 Å². The van der Waals surface area contributed by atoms with Crippen LogP contribution >= 0.6 is 11.3 Å². The van der Waals surface area contributed by atoms with Crippen LogP contribution in [0.2, 0.25) is 0 Å². The van der Waals surface area contributed by atoms with Crippen molar-refractivity contribution in [3.63, 3.8) is 0 Å². The van der Waals surface area contributed by atoms with Crippen LogP contribution in [0.3, 0.4) is 0 Å². The van der Waals surface area contributed by atoms with E-state index < -0.39 is 24.4 Å². The maximum Gasteiger partial charge on any atom is 0.325 e. The van der Waals surface area contributed by atoms with Crippen LogP contribution in [0.5, 0.6) is 0 Å². The summed E-state index contributed by atoms with van der Waals surface area (Å²) in [6.07, 6.45) is 1.36. The summed E-state index contributed by atoms with van der Waals surface area (Å²) < 4.78 is 9.85. The summed E-state index contributed by atoms with van der Waals surface area (Å²) >= 11 is 1.52. The van der Waals surface area contributed by atoms with Crippen molar-refractivity contribution in [2.24, 2.45) is 0 Å². The average Bonchev–Trinajstić information content (AvgIpc) is 3.43. The third-order valence-corrected chi connectivity index (χ3v) is 4.71. The first-order valence-electron chi connectivity index (χ1n) is 8.48. The summed E-state index contributed by atoms with van der Waals surface area (Å²) in [5.74, 6) is -1.60. The van der Waals surface area contributed by atoms with Crippen LogP contribution in [-0.2, 0) is 14.3 Å². The van der Waals surface area contributed by atoms with Gasteiger partial charge in [-0.15, -0.1) is 11.3 Å². The van der Waals surface area contributed by atoms with E-state index in [2.05, 4.69) is 10.6 Å². The highest BCUT2D eigenvalue weighted by Crippen LogP contribution is 2.25. The molecule has 2 heterocycles. The molecule has 0 aliphatic rings. The number of ether oxygens (including phenoxy) is 1. The van der Waals surface area contributed by atoms with E-state index >= 15 is 0 Å². The Morgan fingerprint density at radius 3 is 2.54 bits per heavy atom. The lowest BCUT2D eigenvalue weighted by molar-refractivity contribution is -0.147. The maximum atomic E-state index is 12.3. The lowest BCUT2D eigenvalue weighted by Gasteiger charge is -2.18. The number of hydrogen-bond donors (Lipinski definition) is 2. The number of benzene rings is 1. The Labute approximate surface area is 165 Å². The zero-order chi connectivity index (χ0) is 19.8. The fourth-order valence-corrected chi connectivity index (χ4v) is 3.27. The van der Waals surface area contributed by atoms with E-state index in [9.17, 15) is 14.4 Å². The molecule has 0 saturated heterocycles. The van der Waals surface area contributed by atoms with E-state index in [1.165, 1.54) is 23.7 Å². The Kier molecular flexibility index (Phi) is 6.59. The third-order valence-electron chi connectivity index (χ3n) is 3.77. The second-order valence-corrected chi connectivity index (χ2v) is 6.73. The highest BCUT2D eigenvalue weighted by Gasteiger charge is 2.19. The van der Waals surface area contributed by atoms with Gasteiger partial charge in [-0.05, 0) is 29.1 Å². The number of amides is 2. The van der Waals surface area contributed by atoms with Crippen LogP contribution in [0.1, 0.15) is 27.0 Å². The highest BCUT2D eigenvalue weighted by molar-refractivity contribution is 7.10. The van der Waals surface area contributed by atoms with Gasteiger partial charge in [0.2, 0.25) is 0 Å². The molecule has 0 aliphatic carbocycles. The van der Waals surface area contributed by atoms with E-state index in [1.807, 2.05) is 47.8 Å². The normalized spacial score (nSPS) is 11.4. The number of furan rings is 1. The molecule has 7 nitrogen and oxygen atoms in total. The molecule has 0 fully saturated rings. The molecule has 2 N–H and O–H groups in total. The predicted octanol–water partition coefficient (Wildman–Crippen LogP) is 2.52. The van der Waals surface area contributed by atoms with Gasteiger partial charge in [-0.1, -0.05) is 36.4 Å². The molecule has 3 aromatic rings. The molecule has 1 aromatic carbocycles. The van der Waals surface area contributed by atoms with E-state index in [0.717, 1.165) is 10.4 Å². The minimum absolute atomic E-state index is 0.0900. The summed E-state index contributed by atoms with van der Waals surface area (Å²) in [5, 5.41) is 7.16. The first-order valence-corrected chi connectivity index (χ1v) is 9.36. The molecule has 0 spiro atoms. The second-order valence-electron chi connectivity index (χ2n) is 5.75. The summed E-state index contributed by atoms with van der Waals surface area (Å²) in [4.78, 5) is 36.7. The van der Waals surface area contributed by atoms with E-state index in [-0.39, 0.29) is 18.3 Å². The van der Waals surface area contributed by atoms with Crippen molar-refractivity contribution < 1.29 is 23.5 Å². The molecule has 0 saturated carbocycles. The Hall–Kier alpha value is -3.39. The number of hydrogen-bond acceptors (Lipinski definition) is 6. The van der Waals surface area contributed by atoms with Crippen LogP contribution in [0, 0.1) is 0 Å². The maximum absolute atomic E-state index is 12.3. The summed E-state index contributed by atoms with van der Waals surface area (Å²) in [6.45, 7) is -0.802. The molecule has 28 heavy (non-hydrogen) atoms. The van der Waals surface area contributed by atoms with Crippen molar-refractivity contribution in [3.8, 4) is 0 Å². The van der Waals surface area contributed by atoms with Crippen LogP contribution in [0.25, 0.3) is 0 Å². The van der Waals surface area contributed by atoms with Gasteiger partial charge in [0.1, 0.15) is 6.54 Å². The molecule has 2 aromatic heterocycles. The van der Waals surface area contributed by atoms with Crippen LogP contribution < -0.4 is 10.6 Å². The van der Waals surface area contributed by atoms with Gasteiger partial charge in [0.25, 0.3) is 11.8 Å². The summed E-state index contributed by atoms with van der Waals surface area (Å²) in [6, 6.07) is 16.1. The number of rotatable bonds is 8. The molecule has 0 radical (unpaired) electrons. The van der Waals surface area contributed by atoms with Gasteiger partial charge in [0.05, 0.1) is 12.3 Å². The Bertz CT molecular complexity index is 908. The third kappa shape index (κ3) is 5.31. The van der Waals surface area contributed by atoms with Gasteiger partial charge < -0.3 is 19.8 Å². The van der Waals surface area contributed by atoms with Gasteiger partial charge in [0.15, 0.2) is 12.4 Å². The zero-order valence-electron chi connectivity index (χ0n) is 14.8. The molecule has 2 amide bonds. The van der Waals surface area contributed by atoms with Gasteiger partial charge in [-0.3, -0.25) is 14.4 Å². The van der Waals surface area contributed by atoms with E-state index in [4.69, 9.17) is 9.15 Å². The molecule has 0 bridgehead atoms. The predicted molar refractivity (Wildman–Crippen MR) is 103 cm³/mol. The first kappa shape index (κ1) is 19.4. The largest absolute Gasteiger partial charge is 0.459 e. The van der Waals surface area contributed by atoms with Crippen LogP contribution in [-0.4, -0.2) is 30.9 Å². The quantitative estimate of drug-likeness (QED) is 0.568. The molecule has 0 aliphatic heterocycles. The molecule has 3 rings (SSSR count). The SMILES string of the molecule is O=C(COC(=O)CNC(=O)c1ccco1)N[C@H](c1ccccc1)c1cccs1. The van der Waals surface area contributed by atoms with Crippen molar-refractivity contribution in [1.82, 2.24) is 10.6 Å². The number of carbonyl (C=O) groups excluding carboxylic acids is 3. The number of thiophene rings is 1. The van der Waals surface area contributed by atoms with Gasteiger partial charge in [0, 0.05) is 4.88 Å². The molecule has 1 atom stereocenters. The Morgan fingerprint density at radius 1 is 1.04 bits per heavy atom. The number of esters is 1. The molecule has 0 unspecified atom stereocenters. The zero-order valence-corrected chi connectivity index (χ0v) is 15.6. The van der Waals surface area contributed by atoms with Crippen molar-refractivity contribution in [3.05, 3.63) is 82.4 Å².